The molecule has 5 nitrogen and oxygen atoms in total. The summed E-state index contributed by atoms with van der Waals surface area (Å²) in [4.78, 5) is 28.7. The van der Waals surface area contributed by atoms with Gasteiger partial charge in [0.05, 0.1) is 23.3 Å². The number of halogens is 2. The van der Waals surface area contributed by atoms with Crippen molar-refractivity contribution in [3.8, 4) is 0 Å². The quantitative estimate of drug-likeness (QED) is 0.792. The average Bonchev–Trinajstić information content (AvgIpc) is 2.60. The van der Waals surface area contributed by atoms with E-state index in [0.717, 1.165) is 12.1 Å². The summed E-state index contributed by atoms with van der Waals surface area (Å²) in [7, 11) is 0. The standard InChI is InChI=1S/C18H15F2N3O2/c1-11(12-6-7-14(19)15(20)8-12)22-17(24)9-23-10-21-16-5-3-2-4-13(16)18(23)25/h2-8,10-11H,9H2,1H3,(H,22,24). The Morgan fingerprint density at radius 2 is 1.96 bits per heavy atom. The predicted octanol–water partition coefficient (Wildman–Crippen LogP) is 2.55. The summed E-state index contributed by atoms with van der Waals surface area (Å²) in [6, 6.07) is 9.75. The lowest BCUT2D eigenvalue weighted by atomic mass is 10.1. The molecule has 0 aliphatic rings. The zero-order valence-electron chi connectivity index (χ0n) is 13.4. The third kappa shape index (κ3) is 3.55. The highest BCUT2D eigenvalue weighted by molar-refractivity contribution is 5.79. The zero-order chi connectivity index (χ0) is 18.0. The van der Waals surface area contributed by atoms with E-state index in [1.54, 1.807) is 31.2 Å². The Bertz CT molecular complexity index is 1000. The Morgan fingerprint density at radius 3 is 2.72 bits per heavy atom. The van der Waals surface area contributed by atoms with E-state index in [1.807, 2.05) is 0 Å². The molecule has 1 unspecified atom stereocenters. The van der Waals surface area contributed by atoms with Crippen molar-refractivity contribution in [2.75, 3.05) is 0 Å². The number of benzene rings is 2. The van der Waals surface area contributed by atoms with Crippen LogP contribution in [0, 0.1) is 11.6 Å². The molecule has 3 rings (SSSR count). The van der Waals surface area contributed by atoms with Crippen LogP contribution >= 0.6 is 0 Å². The molecule has 25 heavy (non-hydrogen) atoms. The molecule has 0 aliphatic heterocycles. The number of nitrogens with zero attached hydrogens (tertiary/aromatic N) is 2. The fourth-order valence-electron chi connectivity index (χ4n) is 2.53. The smallest absolute Gasteiger partial charge is 0.261 e. The number of fused-ring (bicyclic) bond motifs is 1. The van der Waals surface area contributed by atoms with Crippen molar-refractivity contribution < 1.29 is 13.6 Å². The number of nitrogens with one attached hydrogen (secondary N) is 1. The minimum absolute atomic E-state index is 0.218. The van der Waals surface area contributed by atoms with Crippen LogP contribution in [0.4, 0.5) is 8.78 Å². The Balaban J connectivity index is 1.75. The highest BCUT2D eigenvalue weighted by Gasteiger charge is 2.13. The molecule has 0 spiro atoms. The molecule has 0 radical (unpaired) electrons. The van der Waals surface area contributed by atoms with E-state index in [9.17, 15) is 18.4 Å². The van der Waals surface area contributed by atoms with Crippen LogP contribution in [0.25, 0.3) is 10.9 Å². The number of carbonyl (C=O) groups is 1. The second kappa shape index (κ2) is 6.80. The largest absolute Gasteiger partial charge is 0.348 e. The summed E-state index contributed by atoms with van der Waals surface area (Å²) in [5.41, 5.74) is 0.664. The van der Waals surface area contributed by atoms with Crippen molar-refractivity contribution in [1.82, 2.24) is 14.9 Å². The maximum Gasteiger partial charge on any atom is 0.261 e. The lowest BCUT2D eigenvalue weighted by molar-refractivity contribution is -0.122. The number of amides is 1. The third-order valence-electron chi connectivity index (χ3n) is 3.87. The van der Waals surface area contributed by atoms with Crippen molar-refractivity contribution in [3.63, 3.8) is 0 Å². The molecule has 0 fully saturated rings. The molecule has 1 aromatic heterocycles. The van der Waals surface area contributed by atoms with Gasteiger partial charge >= 0.3 is 0 Å². The van der Waals surface area contributed by atoms with E-state index in [1.165, 1.54) is 17.0 Å². The first-order valence-corrected chi connectivity index (χ1v) is 7.64. The van der Waals surface area contributed by atoms with Gasteiger partial charge in [0, 0.05) is 0 Å². The first kappa shape index (κ1) is 16.8. The van der Waals surface area contributed by atoms with Gasteiger partial charge in [0.2, 0.25) is 5.91 Å². The second-order valence-corrected chi connectivity index (χ2v) is 5.66. The first-order chi connectivity index (χ1) is 12.0. The van der Waals surface area contributed by atoms with Gasteiger partial charge in [-0.2, -0.15) is 0 Å². The Morgan fingerprint density at radius 1 is 1.20 bits per heavy atom. The fourth-order valence-corrected chi connectivity index (χ4v) is 2.53. The van der Waals surface area contributed by atoms with Gasteiger partial charge in [-0.1, -0.05) is 18.2 Å². The molecule has 1 atom stereocenters. The van der Waals surface area contributed by atoms with E-state index >= 15 is 0 Å². The third-order valence-corrected chi connectivity index (χ3v) is 3.87. The van der Waals surface area contributed by atoms with E-state index in [-0.39, 0.29) is 12.1 Å². The van der Waals surface area contributed by atoms with Gasteiger partial charge < -0.3 is 5.32 Å². The maximum absolute atomic E-state index is 13.3. The summed E-state index contributed by atoms with van der Waals surface area (Å²) >= 11 is 0. The van der Waals surface area contributed by atoms with E-state index in [4.69, 9.17) is 0 Å². The van der Waals surface area contributed by atoms with Crippen molar-refractivity contribution in [1.29, 1.82) is 0 Å². The normalized spacial score (nSPS) is 12.1. The lowest BCUT2D eigenvalue weighted by Crippen LogP contribution is -2.34. The molecule has 3 aromatic rings. The molecule has 0 saturated heterocycles. The molecule has 0 bridgehead atoms. The molecule has 0 saturated carbocycles. The van der Waals surface area contributed by atoms with Crippen LogP contribution in [0.15, 0.2) is 53.6 Å². The Hall–Kier alpha value is -3.09. The summed E-state index contributed by atoms with van der Waals surface area (Å²) in [6.45, 7) is 1.43. The van der Waals surface area contributed by atoms with Gasteiger partial charge in [0.25, 0.3) is 5.56 Å². The summed E-state index contributed by atoms with van der Waals surface area (Å²) in [5.74, 6) is -2.36. The predicted molar refractivity (Wildman–Crippen MR) is 88.9 cm³/mol. The van der Waals surface area contributed by atoms with Gasteiger partial charge in [-0.3, -0.25) is 14.2 Å². The molecule has 1 heterocycles. The first-order valence-electron chi connectivity index (χ1n) is 7.64. The van der Waals surface area contributed by atoms with Crippen LogP contribution in [0.5, 0.6) is 0 Å². The van der Waals surface area contributed by atoms with Gasteiger partial charge in [-0.25, -0.2) is 13.8 Å². The van der Waals surface area contributed by atoms with Crippen LogP contribution in [0.3, 0.4) is 0 Å². The van der Waals surface area contributed by atoms with E-state index in [0.29, 0.717) is 16.5 Å². The van der Waals surface area contributed by atoms with Crippen LogP contribution in [0.2, 0.25) is 0 Å². The Kier molecular flexibility index (Phi) is 4.56. The fraction of sp³-hybridized carbons (Fsp3) is 0.167. The number of aromatic nitrogens is 2. The van der Waals surface area contributed by atoms with Crippen molar-refractivity contribution >= 4 is 16.8 Å². The monoisotopic (exact) mass is 343 g/mol. The molecular weight excluding hydrogens is 328 g/mol. The molecule has 2 aromatic carbocycles. The number of hydrogen-bond donors (Lipinski definition) is 1. The van der Waals surface area contributed by atoms with Crippen LogP contribution in [-0.4, -0.2) is 15.5 Å². The SMILES string of the molecule is CC(NC(=O)Cn1cnc2ccccc2c1=O)c1ccc(F)c(F)c1. The topological polar surface area (TPSA) is 64.0 Å². The molecule has 128 valence electrons. The molecule has 0 aliphatic carbocycles. The van der Waals surface area contributed by atoms with E-state index < -0.39 is 23.6 Å². The van der Waals surface area contributed by atoms with Gasteiger partial charge in [-0.05, 0) is 36.8 Å². The maximum atomic E-state index is 13.3. The van der Waals surface area contributed by atoms with Crippen LogP contribution in [-0.2, 0) is 11.3 Å². The van der Waals surface area contributed by atoms with E-state index in [2.05, 4.69) is 10.3 Å². The van der Waals surface area contributed by atoms with Crippen molar-refractivity contribution in [2.45, 2.75) is 19.5 Å². The number of para-hydroxylation sites is 1. The van der Waals surface area contributed by atoms with Crippen molar-refractivity contribution in [3.05, 3.63) is 76.3 Å². The highest BCUT2D eigenvalue weighted by Crippen LogP contribution is 2.15. The van der Waals surface area contributed by atoms with Crippen LogP contribution < -0.4 is 10.9 Å². The second-order valence-electron chi connectivity index (χ2n) is 5.66. The number of rotatable bonds is 4. The lowest BCUT2D eigenvalue weighted by Gasteiger charge is -2.15. The Labute approximate surface area is 141 Å². The van der Waals surface area contributed by atoms with Gasteiger partial charge in [0.15, 0.2) is 11.6 Å². The summed E-state index contributed by atoms with van der Waals surface area (Å²) in [5, 5.41) is 3.07. The average molecular weight is 343 g/mol. The van der Waals surface area contributed by atoms with Gasteiger partial charge in [0.1, 0.15) is 6.54 Å². The van der Waals surface area contributed by atoms with Crippen LogP contribution in [0.1, 0.15) is 18.5 Å². The zero-order valence-corrected chi connectivity index (χ0v) is 13.4. The molecule has 7 heteroatoms. The highest BCUT2D eigenvalue weighted by atomic mass is 19.2. The number of hydrogen-bond acceptors (Lipinski definition) is 3. The molecule has 1 amide bonds. The molecular formula is C18H15F2N3O2. The summed E-state index contributed by atoms with van der Waals surface area (Å²) in [6.07, 6.45) is 1.31. The molecule has 1 N–H and O–H groups in total. The minimum atomic E-state index is -0.978. The minimum Gasteiger partial charge on any atom is -0.348 e. The van der Waals surface area contributed by atoms with Gasteiger partial charge in [-0.15, -0.1) is 0 Å². The van der Waals surface area contributed by atoms with Crippen molar-refractivity contribution in [2.24, 2.45) is 0 Å². The number of carbonyl (C=O) groups excluding carboxylic acids is 1. The summed E-state index contributed by atoms with van der Waals surface area (Å²) < 4.78 is 27.5.